The highest BCUT2D eigenvalue weighted by Gasteiger charge is 2.22. The predicted octanol–water partition coefficient (Wildman–Crippen LogP) is 7.22. The predicted molar refractivity (Wildman–Crippen MR) is 107 cm³/mol. The molecule has 0 heterocycles. The van der Waals surface area contributed by atoms with Crippen molar-refractivity contribution in [2.45, 2.75) is 71.1 Å². The summed E-state index contributed by atoms with van der Waals surface area (Å²) in [5.74, 6) is 2.09. The Labute approximate surface area is 153 Å². The number of phenols is 1. The Bertz CT molecular complexity index is 663. The molecule has 1 aliphatic rings. The van der Waals surface area contributed by atoms with Gasteiger partial charge in [-0.15, -0.1) is 0 Å². The molecule has 2 aromatic rings. The molecule has 134 valence electrons. The zero-order chi connectivity index (χ0) is 17.6. The van der Waals surface area contributed by atoms with Crippen molar-refractivity contribution in [3.8, 4) is 16.9 Å². The maximum absolute atomic E-state index is 9.69. The lowest BCUT2D eigenvalue weighted by atomic mass is 9.77. The van der Waals surface area contributed by atoms with Crippen molar-refractivity contribution in [3.63, 3.8) is 0 Å². The Morgan fingerprint density at radius 1 is 0.880 bits per heavy atom. The van der Waals surface area contributed by atoms with Gasteiger partial charge in [0.05, 0.1) is 0 Å². The molecule has 1 nitrogen and oxygen atoms in total. The molecule has 1 heteroatoms. The largest absolute Gasteiger partial charge is 0.508 e. The number of aromatic hydroxyl groups is 1. The fourth-order valence-corrected chi connectivity index (χ4v) is 4.25. The molecule has 0 aliphatic heterocycles. The fraction of sp³-hybridized carbons (Fsp3) is 0.500. The van der Waals surface area contributed by atoms with Crippen molar-refractivity contribution in [2.24, 2.45) is 5.92 Å². The molecular weight excluding hydrogens is 304 g/mol. The van der Waals surface area contributed by atoms with Crippen molar-refractivity contribution in [1.29, 1.82) is 0 Å². The first-order chi connectivity index (χ1) is 12.2. The highest BCUT2D eigenvalue weighted by Crippen LogP contribution is 2.38. The third-order valence-corrected chi connectivity index (χ3v) is 5.97. The standard InChI is InChI=1S/C24H32O/c1-3-4-5-6-19-7-9-20(10-8-19)21-11-13-22(14-12-21)23-15-16-24(25)18(2)17-23/h11-17,19-20,25H,3-10H2,1-2H3. The van der Waals surface area contributed by atoms with Gasteiger partial charge in [0, 0.05) is 0 Å². The number of benzene rings is 2. The van der Waals surface area contributed by atoms with Crippen LogP contribution >= 0.6 is 0 Å². The SMILES string of the molecule is CCCCCC1CCC(c2ccc(-c3ccc(O)c(C)c3)cc2)CC1. The van der Waals surface area contributed by atoms with E-state index in [0.29, 0.717) is 5.75 Å². The van der Waals surface area contributed by atoms with Gasteiger partial charge in [-0.3, -0.25) is 0 Å². The summed E-state index contributed by atoms with van der Waals surface area (Å²) in [5.41, 5.74) is 4.86. The smallest absolute Gasteiger partial charge is 0.118 e. The Hall–Kier alpha value is -1.76. The number of rotatable bonds is 6. The van der Waals surface area contributed by atoms with E-state index in [2.05, 4.69) is 37.3 Å². The van der Waals surface area contributed by atoms with Crippen LogP contribution in [-0.2, 0) is 0 Å². The van der Waals surface area contributed by atoms with Crippen LogP contribution < -0.4 is 0 Å². The molecule has 0 radical (unpaired) electrons. The fourth-order valence-electron chi connectivity index (χ4n) is 4.25. The zero-order valence-corrected chi connectivity index (χ0v) is 15.8. The van der Waals surface area contributed by atoms with Crippen LogP contribution in [0.25, 0.3) is 11.1 Å². The van der Waals surface area contributed by atoms with Crippen LogP contribution in [0.3, 0.4) is 0 Å². The second-order valence-electron chi connectivity index (χ2n) is 7.84. The second-order valence-corrected chi connectivity index (χ2v) is 7.84. The molecule has 1 N–H and O–H groups in total. The summed E-state index contributed by atoms with van der Waals surface area (Å²) in [7, 11) is 0. The van der Waals surface area contributed by atoms with Crippen LogP contribution in [0, 0.1) is 12.8 Å². The van der Waals surface area contributed by atoms with Gasteiger partial charge < -0.3 is 5.11 Å². The van der Waals surface area contributed by atoms with Crippen LogP contribution in [0.2, 0.25) is 0 Å². The molecule has 1 aliphatic carbocycles. The number of phenolic OH excluding ortho intramolecular Hbond substituents is 1. The summed E-state index contributed by atoms with van der Waals surface area (Å²) in [4.78, 5) is 0. The summed E-state index contributed by atoms with van der Waals surface area (Å²) >= 11 is 0. The summed E-state index contributed by atoms with van der Waals surface area (Å²) in [6.07, 6.45) is 11.1. The Morgan fingerprint density at radius 3 is 2.20 bits per heavy atom. The first kappa shape index (κ1) is 18.0. The van der Waals surface area contributed by atoms with Crippen molar-refractivity contribution < 1.29 is 5.11 Å². The van der Waals surface area contributed by atoms with Crippen molar-refractivity contribution in [3.05, 3.63) is 53.6 Å². The molecule has 1 saturated carbocycles. The number of hydrogen-bond acceptors (Lipinski definition) is 1. The summed E-state index contributed by atoms with van der Waals surface area (Å²) in [6, 6.07) is 15.0. The van der Waals surface area contributed by atoms with Crippen LogP contribution in [0.5, 0.6) is 5.75 Å². The zero-order valence-electron chi connectivity index (χ0n) is 15.8. The van der Waals surface area contributed by atoms with Gasteiger partial charge in [-0.25, -0.2) is 0 Å². The van der Waals surface area contributed by atoms with Gasteiger partial charge in [-0.1, -0.05) is 62.9 Å². The number of hydrogen-bond donors (Lipinski definition) is 1. The molecule has 0 aromatic heterocycles. The van der Waals surface area contributed by atoms with Gasteiger partial charge in [-0.05, 0) is 78.8 Å². The van der Waals surface area contributed by atoms with Crippen molar-refractivity contribution in [1.82, 2.24) is 0 Å². The molecule has 0 bridgehead atoms. The van der Waals surface area contributed by atoms with E-state index in [1.54, 1.807) is 6.07 Å². The van der Waals surface area contributed by atoms with E-state index in [1.807, 2.05) is 13.0 Å². The van der Waals surface area contributed by atoms with Crippen LogP contribution in [0.1, 0.15) is 75.3 Å². The average molecular weight is 337 g/mol. The van der Waals surface area contributed by atoms with Gasteiger partial charge in [0.1, 0.15) is 5.75 Å². The minimum atomic E-state index is 0.371. The molecular formula is C24H32O. The highest BCUT2D eigenvalue weighted by atomic mass is 16.3. The monoisotopic (exact) mass is 336 g/mol. The van der Waals surface area contributed by atoms with Crippen molar-refractivity contribution >= 4 is 0 Å². The van der Waals surface area contributed by atoms with Gasteiger partial charge >= 0.3 is 0 Å². The average Bonchev–Trinajstić information content (AvgIpc) is 2.65. The molecule has 0 unspecified atom stereocenters. The minimum Gasteiger partial charge on any atom is -0.508 e. The van der Waals surface area contributed by atoms with E-state index >= 15 is 0 Å². The Kier molecular flexibility index (Phi) is 6.18. The Balaban J connectivity index is 1.59. The molecule has 25 heavy (non-hydrogen) atoms. The lowest BCUT2D eigenvalue weighted by Gasteiger charge is -2.29. The molecule has 0 spiro atoms. The van der Waals surface area contributed by atoms with Gasteiger partial charge in [0.2, 0.25) is 0 Å². The lowest BCUT2D eigenvalue weighted by molar-refractivity contribution is 0.303. The van der Waals surface area contributed by atoms with E-state index in [0.717, 1.165) is 17.4 Å². The summed E-state index contributed by atoms with van der Waals surface area (Å²) < 4.78 is 0. The molecule has 0 amide bonds. The van der Waals surface area contributed by atoms with Gasteiger partial charge in [-0.2, -0.15) is 0 Å². The maximum Gasteiger partial charge on any atom is 0.118 e. The topological polar surface area (TPSA) is 20.2 Å². The van der Waals surface area contributed by atoms with Crippen LogP contribution in [0.4, 0.5) is 0 Å². The normalized spacial score (nSPS) is 20.6. The van der Waals surface area contributed by atoms with E-state index < -0.39 is 0 Å². The quantitative estimate of drug-likeness (QED) is 0.552. The summed E-state index contributed by atoms with van der Waals surface area (Å²) in [6.45, 7) is 4.24. The first-order valence-electron chi connectivity index (χ1n) is 10.1. The van der Waals surface area contributed by atoms with Crippen LogP contribution in [0.15, 0.2) is 42.5 Å². The third-order valence-electron chi connectivity index (χ3n) is 5.97. The van der Waals surface area contributed by atoms with E-state index in [9.17, 15) is 5.11 Å². The van der Waals surface area contributed by atoms with Gasteiger partial charge in [0.25, 0.3) is 0 Å². The summed E-state index contributed by atoms with van der Waals surface area (Å²) in [5, 5.41) is 9.69. The minimum absolute atomic E-state index is 0.371. The van der Waals surface area contributed by atoms with Crippen molar-refractivity contribution in [2.75, 3.05) is 0 Å². The van der Waals surface area contributed by atoms with E-state index in [-0.39, 0.29) is 0 Å². The highest BCUT2D eigenvalue weighted by molar-refractivity contribution is 5.65. The third kappa shape index (κ3) is 4.66. The second kappa shape index (κ2) is 8.56. The molecule has 2 aromatic carbocycles. The van der Waals surface area contributed by atoms with Crippen LogP contribution in [-0.4, -0.2) is 5.11 Å². The molecule has 1 fully saturated rings. The number of aryl methyl sites for hydroxylation is 1. The molecule has 3 rings (SSSR count). The lowest BCUT2D eigenvalue weighted by Crippen LogP contribution is -2.13. The number of unbranched alkanes of at least 4 members (excludes halogenated alkanes) is 2. The van der Waals surface area contributed by atoms with E-state index in [4.69, 9.17) is 0 Å². The molecule has 0 saturated heterocycles. The Morgan fingerprint density at radius 2 is 1.56 bits per heavy atom. The molecule has 0 atom stereocenters. The van der Waals surface area contributed by atoms with E-state index in [1.165, 1.54) is 68.1 Å². The maximum atomic E-state index is 9.69. The first-order valence-corrected chi connectivity index (χ1v) is 10.1. The van der Waals surface area contributed by atoms with Gasteiger partial charge in [0.15, 0.2) is 0 Å².